The molecule has 100 valence electrons. The molecule has 0 saturated carbocycles. The van der Waals surface area contributed by atoms with Crippen LogP contribution in [0.5, 0.6) is 0 Å². The minimum absolute atomic E-state index is 0.147. The van der Waals surface area contributed by atoms with Crippen LogP contribution in [0.25, 0.3) is 0 Å². The molecular weight excluding hydrogens is 296 g/mol. The van der Waals surface area contributed by atoms with Gasteiger partial charge in [0.15, 0.2) is 0 Å². The molecule has 1 aromatic heterocycles. The number of halogens is 1. The SMILES string of the molecule is CCOC(=O)CCC(C)Nc1ccc(Br)c(C)n1. The van der Waals surface area contributed by atoms with Gasteiger partial charge in [0.2, 0.25) is 0 Å². The number of carbonyl (C=O) groups is 1. The smallest absolute Gasteiger partial charge is 0.305 e. The average molecular weight is 315 g/mol. The fourth-order valence-electron chi connectivity index (χ4n) is 1.52. The number of nitrogens with zero attached hydrogens (tertiary/aromatic N) is 1. The number of nitrogens with one attached hydrogen (secondary N) is 1. The number of esters is 1. The summed E-state index contributed by atoms with van der Waals surface area (Å²) in [6.07, 6.45) is 1.16. The molecule has 0 bridgehead atoms. The van der Waals surface area contributed by atoms with Crippen molar-refractivity contribution >= 4 is 27.7 Å². The van der Waals surface area contributed by atoms with E-state index in [1.54, 1.807) is 0 Å². The van der Waals surface area contributed by atoms with E-state index in [4.69, 9.17) is 4.74 Å². The summed E-state index contributed by atoms with van der Waals surface area (Å²) in [5.74, 6) is 0.679. The normalized spacial score (nSPS) is 12.0. The van der Waals surface area contributed by atoms with Crippen LogP contribution in [0.3, 0.4) is 0 Å². The lowest BCUT2D eigenvalue weighted by molar-refractivity contribution is -0.143. The molecule has 0 aliphatic rings. The third-order valence-electron chi connectivity index (χ3n) is 2.50. The van der Waals surface area contributed by atoms with E-state index in [0.29, 0.717) is 13.0 Å². The summed E-state index contributed by atoms with van der Waals surface area (Å²) in [5.41, 5.74) is 0.942. The number of ether oxygens (including phenoxy) is 1. The average Bonchev–Trinajstić information content (AvgIpc) is 2.32. The van der Waals surface area contributed by atoms with E-state index in [-0.39, 0.29) is 12.0 Å². The van der Waals surface area contributed by atoms with Crippen molar-refractivity contribution in [3.63, 3.8) is 0 Å². The number of aromatic nitrogens is 1. The second kappa shape index (κ2) is 7.36. The van der Waals surface area contributed by atoms with Crippen molar-refractivity contribution < 1.29 is 9.53 Å². The van der Waals surface area contributed by atoms with Crippen LogP contribution in [0.4, 0.5) is 5.82 Å². The highest BCUT2D eigenvalue weighted by Crippen LogP contribution is 2.17. The summed E-state index contributed by atoms with van der Waals surface area (Å²) in [5, 5.41) is 3.27. The second-order valence-electron chi connectivity index (χ2n) is 4.15. The maximum atomic E-state index is 11.2. The molecule has 4 nitrogen and oxygen atoms in total. The van der Waals surface area contributed by atoms with Crippen LogP contribution < -0.4 is 5.32 Å². The van der Waals surface area contributed by atoms with E-state index in [1.807, 2.05) is 32.9 Å². The highest BCUT2D eigenvalue weighted by Gasteiger charge is 2.08. The van der Waals surface area contributed by atoms with E-state index in [2.05, 4.69) is 26.2 Å². The third kappa shape index (κ3) is 5.04. The Morgan fingerprint density at radius 2 is 2.28 bits per heavy atom. The lowest BCUT2D eigenvalue weighted by Crippen LogP contribution is -2.18. The van der Waals surface area contributed by atoms with Gasteiger partial charge in [0.05, 0.1) is 12.3 Å². The fourth-order valence-corrected chi connectivity index (χ4v) is 1.74. The Labute approximate surface area is 116 Å². The number of hydrogen-bond donors (Lipinski definition) is 1. The number of pyridine rings is 1. The van der Waals surface area contributed by atoms with E-state index in [1.165, 1.54) is 0 Å². The Morgan fingerprint density at radius 3 is 2.89 bits per heavy atom. The number of hydrogen-bond acceptors (Lipinski definition) is 4. The van der Waals surface area contributed by atoms with Gasteiger partial charge in [0.1, 0.15) is 5.82 Å². The number of anilines is 1. The fraction of sp³-hybridized carbons (Fsp3) is 0.538. The van der Waals surface area contributed by atoms with E-state index in [0.717, 1.165) is 22.4 Å². The summed E-state index contributed by atoms with van der Waals surface area (Å²) in [4.78, 5) is 15.6. The molecule has 0 spiro atoms. The van der Waals surface area contributed by atoms with Gasteiger partial charge < -0.3 is 10.1 Å². The molecule has 0 aliphatic heterocycles. The van der Waals surface area contributed by atoms with Gasteiger partial charge in [-0.25, -0.2) is 4.98 Å². The van der Waals surface area contributed by atoms with Crippen molar-refractivity contribution in [2.24, 2.45) is 0 Å². The number of aryl methyl sites for hydroxylation is 1. The van der Waals surface area contributed by atoms with Gasteiger partial charge >= 0.3 is 5.97 Å². The van der Waals surface area contributed by atoms with Crippen LogP contribution in [-0.2, 0) is 9.53 Å². The molecule has 1 N–H and O–H groups in total. The zero-order chi connectivity index (χ0) is 13.5. The molecule has 5 heteroatoms. The predicted molar refractivity (Wildman–Crippen MR) is 75.6 cm³/mol. The lowest BCUT2D eigenvalue weighted by atomic mass is 10.2. The van der Waals surface area contributed by atoms with Crippen LogP contribution in [0.15, 0.2) is 16.6 Å². The molecular formula is C13H19BrN2O2. The highest BCUT2D eigenvalue weighted by atomic mass is 79.9. The summed E-state index contributed by atoms with van der Waals surface area (Å²) >= 11 is 3.41. The monoisotopic (exact) mass is 314 g/mol. The zero-order valence-electron chi connectivity index (χ0n) is 11.0. The molecule has 1 atom stereocenters. The number of rotatable bonds is 6. The molecule has 1 heterocycles. The van der Waals surface area contributed by atoms with Crippen LogP contribution in [0, 0.1) is 6.92 Å². The maximum absolute atomic E-state index is 11.2. The first-order valence-electron chi connectivity index (χ1n) is 6.08. The van der Waals surface area contributed by atoms with Crippen molar-refractivity contribution in [1.82, 2.24) is 4.98 Å². The molecule has 1 rings (SSSR count). The topological polar surface area (TPSA) is 51.2 Å². The Hall–Kier alpha value is -1.10. The Kier molecular flexibility index (Phi) is 6.12. The molecule has 0 aliphatic carbocycles. The van der Waals surface area contributed by atoms with Crippen LogP contribution >= 0.6 is 15.9 Å². The first-order chi connectivity index (χ1) is 8.52. The van der Waals surface area contributed by atoms with Crippen molar-refractivity contribution in [2.75, 3.05) is 11.9 Å². The predicted octanol–water partition coefficient (Wildman–Crippen LogP) is 3.30. The molecule has 0 saturated heterocycles. The first-order valence-corrected chi connectivity index (χ1v) is 6.87. The van der Waals surface area contributed by atoms with Gasteiger partial charge in [-0.2, -0.15) is 0 Å². The van der Waals surface area contributed by atoms with Crippen molar-refractivity contribution in [1.29, 1.82) is 0 Å². The minimum Gasteiger partial charge on any atom is -0.466 e. The lowest BCUT2D eigenvalue weighted by Gasteiger charge is -2.14. The Morgan fingerprint density at radius 1 is 1.56 bits per heavy atom. The van der Waals surface area contributed by atoms with Crippen molar-refractivity contribution in [3.8, 4) is 0 Å². The molecule has 0 amide bonds. The summed E-state index contributed by atoms with van der Waals surface area (Å²) < 4.78 is 5.88. The van der Waals surface area contributed by atoms with Crippen LogP contribution in [-0.4, -0.2) is 23.6 Å². The van der Waals surface area contributed by atoms with Gasteiger partial charge in [-0.05, 0) is 55.3 Å². The van der Waals surface area contributed by atoms with Gasteiger partial charge in [0, 0.05) is 16.9 Å². The third-order valence-corrected chi connectivity index (χ3v) is 3.34. The molecule has 0 aromatic carbocycles. The quantitative estimate of drug-likeness (QED) is 0.819. The zero-order valence-corrected chi connectivity index (χ0v) is 12.6. The van der Waals surface area contributed by atoms with E-state index < -0.39 is 0 Å². The summed E-state index contributed by atoms with van der Waals surface area (Å²) in [7, 11) is 0. The van der Waals surface area contributed by atoms with Gasteiger partial charge in [-0.3, -0.25) is 4.79 Å². The van der Waals surface area contributed by atoms with E-state index in [9.17, 15) is 4.79 Å². The van der Waals surface area contributed by atoms with Crippen molar-refractivity contribution in [2.45, 2.75) is 39.7 Å². The summed E-state index contributed by atoms with van der Waals surface area (Å²) in [6.45, 7) is 6.22. The Bertz CT molecular complexity index is 410. The molecule has 0 fully saturated rings. The van der Waals surface area contributed by atoms with Crippen molar-refractivity contribution in [3.05, 3.63) is 22.3 Å². The van der Waals surface area contributed by atoms with E-state index >= 15 is 0 Å². The van der Waals surface area contributed by atoms with Gasteiger partial charge in [-0.15, -0.1) is 0 Å². The Balaban J connectivity index is 2.42. The summed E-state index contributed by atoms with van der Waals surface area (Å²) in [6, 6.07) is 4.06. The molecule has 1 unspecified atom stereocenters. The number of carbonyl (C=O) groups excluding carboxylic acids is 1. The van der Waals surface area contributed by atoms with Crippen LogP contribution in [0.1, 0.15) is 32.4 Å². The maximum Gasteiger partial charge on any atom is 0.305 e. The minimum atomic E-state index is -0.147. The van der Waals surface area contributed by atoms with Crippen LogP contribution in [0.2, 0.25) is 0 Å². The molecule has 18 heavy (non-hydrogen) atoms. The standard InChI is InChI=1S/C13H19BrN2O2/c1-4-18-13(17)8-5-9(2)15-12-7-6-11(14)10(3)16-12/h6-7,9H,4-5,8H2,1-3H3,(H,15,16). The molecule has 1 aromatic rings. The second-order valence-corrected chi connectivity index (χ2v) is 5.01. The largest absolute Gasteiger partial charge is 0.466 e. The molecule has 0 radical (unpaired) electrons. The van der Waals surface area contributed by atoms with Gasteiger partial charge in [0.25, 0.3) is 0 Å². The van der Waals surface area contributed by atoms with Gasteiger partial charge in [-0.1, -0.05) is 0 Å². The highest BCUT2D eigenvalue weighted by molar-refractivity contribution is 9.10. The first kappa shape index (κ1) is 15.0.